The first-order chi connectivity index (χ1) is 10.6. The second-order valence-corrected chi connectivity index (χ2v) is 4.58. The largest absolute Gasteiger partial charge is 0.507 e. The second-order valence-electron chi connectivity index (χ2n) is 4.58. The van der Waals surface area contributed by atoms with Gasteiger partial charge in [-0.2, -0.15) is 0 Å². The van der Waals surface area contributed by atoms with Crippen molar-refractivity contribution >= 4 is 11.8 Å². The number of para-hydroxylation sites is 2. The molecule has 2 aromatic rings. The number of carbonyl (C=O) groups excluding carboxylic acids is 2. The molecular weight excluding hydrogens is 284 g/mol. The van der Waals surface area contributed by atoms with Gasteiger partial charge < -0.3 is 9.84 Å². The van der Waals surface area contributed by atoms with Gasteiger partial charge in [0, 0.05) is 0 Å². The molecule has 0 bridgehead atoms. The van der Waals surface area contributed by atoms with E-state index in [9.17, 15) is 14.7 Å². The molecule has 0 spiro atoms. The molecule has 0 radical (unpaired) electrons. The van der Waals surface area contributed by atoms with E-state index < -0.39 is 11.8 Å². The first kappa shape index (κ1) is 15.4. The van der Waals surface area contributed by atoms with Gasteiger partial charge in [0.25, 0.3) is 11.8 Å². The predicted molar refractivity (Wildman–Crippen MR) is 80.4 cm³/mol. The number of phenols is 1. The van der Waals surface area contributed by atoms with Crippen LogP contribution in [0.15, 0.2) is 48.5 Å². The van der Waals surface area contributed by atoms with Crippen LogP contribution in [0.2, 0.25) is 0 Å². The number of ether oxygens (including phenoxy) is 1. The van der Waals surface area contributed by atoms with Gasteiger partial charge in [0.2, 0.25) is 0 Å². The standard InChI is InChI=1S/C16H16N2O4/c1-11-6-5-9-13(15(11)20)16(21)18-17-14(19)10-22-12-7-3-2-4-8-12/h2-9,20H,10H2,1H3,(H,17,19)(H,18,21). The molecule has 6 heteroatoms. The Bertz CT molecular complexity index is 671. The maximum atomic E-state index is 11.9. The third-order valence-electron chi connectivity index (χ3n) is 2.91. The first-order valence-electron chi connectivity index (χ1n) is 6.63. The molecule has 0 aliphatic carbocycles. The molecule has 0 aromatic heterocycles. The van der Waals surface area contributed by atoms with Crippen molar-refractivity contribution in [3.63, 3.8) is 0 Å². The van der Waals surface area contributed by atoms with Gasteiger partial charge in [-0.1, -0.05) is 30.3 Å². The summed E-state index contributed by atoms with van der Waals surface area (Å²) in [4.78, 5) is 23.5. The Kier molecular flexibility index (Phi) is 4.98. The number of hydrogen-bond donors (Lipinski definition) is 3. The van der Waals surface area contributed by atoms with Gasteiger partial charge in [0.15, 0.2) is 6.61 Å². The van der Waals surface area contributed by atoms with Crippen LogP contribution in [0.25, 0.3) is 0 Å². The van der Waals surface area contributed by atoms with Gasteiger partial charge in [0.05, 0.1) is 5.56 Å². The molecular formula is C16H16N2O4. The average molecular weight is 300 g/mol. The number of hydrazine groups is 1. The number of carbonyl (C=O) groups is 2. The molecule has 0 fully saturated rings. The Labute approximate surface area is 127 Å². The number of aromatic hydroxyl groups is 1. The molecule has 0 aliphatic rings. The van der Waals surface area contributed by atoms with Crippen molar-refractivity contribution in [2.24, 2.45) is 0 Å². The van der Waals surface area contributed by atoms with Crippen LogP contribution in [0, 0.1) is 6.92 Å². The molecule has 2 amide bonds. The fourth-order valence-corrected chi connectivity index (χ4v) is 1.74. The molecule has 0 unspecified atom stereocenters. The van der Waals surface area contributed by atoms with Crippen LogP contribution in [0.5, 0.6) is 11.5 Å². The number of hydrogen-bond acceptors (Lipinski definition) is 4. The zero-order valence-electron chi connectivity index (χ0n) is 12.0. The van der Waals surface area contributed by atoms with Crippen LogP contribution >= 0.6 is 0 Å². The van der Waals surface area contributed by atoms with Gasteiger partial charge in [0.1, 0.15) is 11.5 Å². The van der Waals surface area contributed by atoms with E-state index in [2.05, 4.69) is 10.9 Å². The zero-order chi connectivity index (χ0) is 15.9. The predicted octanol–water partition coefficient (Wildman–Crippen LogP) is 1.54. The summed E-state index contributed by atoms with van der Waals surface area (Å²) in [5, 5.41) is 9.79. The van der Waals surface area contributed by atoms with E-state index in [1.165, 1.54) is 6.07 Å². The highest BCUT2D eigenvalue weighted by molar-refractivity contribution is 5.98. The van der Waals surface area contributed by atoms with Gasteiger partial charge in [-0.25, -0.2) is 0 Å². The SMILES string of the molecule is Cc1cccc(C(=O)NNC(=O)COc2ccccc2)c1O. The van der Waals surface area contributed by atoms with Gasteiger partial charge in [-0.3, -0.25) is 20.4 Å². The minimum Gasteiger partial charge on any atom is -0.507 e. The van der Waals surface area contributed by atoms with Crippen LogP contribution < -0.4 is 15.6 Å². The van der Waals surface area contributed by atoms with Crippen molar-refractivity contribution in [2.75, 3.05) is 6.61 Å². The van der Waals surface area contributed by atoms with Gasteiger partial charge >= 0.3 is 0 Å². The lowest BCUT2D eigenvalue weighted by molar-refractivity contribution is -0.123. The van der Waals surface area contributed by atoms with Crippen molar-refractivity contribution in [1.82, 2.24) is 10.9 Å². The Morgan fingerprint density at radius 3 is 2.50 bits per heavy atom. The lowest BCUT2D eigenvalue weighted by atomic mass is 10.1. The molecule has 0 saturated carbocycles. The van der Waals surface area contributed by atoms with Gasteiger partial charge in [-0.15, -0.1) is 0 Å². The molecule has 0 atom stereocenters. The summed E-state index contributed by atoms with van der Waals surface area (Å²) < 4.78 is 5.24. The van der Waals surface area contributed by atoms with E-state index in [0.717, 1.165) is 0 Å². The summed E-state index contributed by atoms with van der Waals surface area (Å²) in [6.45, 7) is 1.45. The summed E-state index contributed by atoms with van der Waals surface area (Å²) in [5.74, 6) is -0.673. The lowest BCUT2D eigenvalue weighted by Crippen LogP contribution is -2.43. The first-order valence-corrected chi connectivity index (χ1v) is 6.63. The number of rotatable bonds is 4. The Morgan fingerprint density at radius 2 is 1.77 bits per heavy atom. The number of benzene rings is 2. The van der Waals surface area contributed by atoms with Crippen molar-refractivity contribution in [3.8, 4) is 11.5 Å². The third kappa shape index (κ3) is 3.99. The number of amides is 2. The maximum Gasteiger partial charge on any atom is 0.276 e. The summed E-state index contributed by atoms with van der Waals surface area (Å²) in [6.07, 6.45) is 0. The molecule has 2 aromatic carbocycles. The van der Waals surface area contributed by atoms with E-state index in [4.69, 9.17) is 4.74 Å². The second kappa shape index (κ2) is 7.12. The molecule has 114 valence electrons. The third-order valence-corrected chi connectivity index (χ3v) is 2.91. The van der Waals surface area contributed by atoms with E-state index >= 15 is 0 Å². The van der Waals surface area contributed by atoms with E-state index in [-0.39, 0.29) is 17.9 Å². The van der Waals surface area contributed by atoms with Gasteiger partial charge in [-0.05, 0) is 30.7 Å². The van der Waals surface area contributed by atoms with Crippen LogP contribution in [-0.4, -0.2) is 23.5 Å². The molecule has 3 N–H and O–H groups in total. The summed E-state index contributed by atoms with van der Waals surface area (Å²) >= 11 is 0. The quantitative estimate of drug-likeness (QED) is 0.747. The summed E-state index contributed by atoms with van der Waals surface area (Å²) in [6, 6.07) is 13.6. The van der Waals surface area contributed by atoms with Crippen molar-refractivity contribution in [1.29, 1.82) is 0 Å². The Hall–Kier alpha value is -3.02. The highest BCUT2D eigenvalue weighted by Gasteiger charge is 2.13. The minimum atomic E-state index is -0.603. The molecule has 0 heterocycles. The average Bonchev–Trinajstić information content (AvgIpc) is 2.54. The summed E-state index contributed by atoms with van der Waals surface area (Å²) in [7, 11) is 0. The molecule has 22 heavy (non-hydrogen) atoms. The normalized spacial score (nSPS) is 9.86. The zero-order valence-corrected chi connectivity index (χ0v) is 12.0. The van der Waals surface area contributed by atoms with Crippen molar-refractivity contribution in [2.45, 2.75) is 6.92 Å². The van der Waals surface area contributed by atoms with Crippen LogP contribution in [0.1, 0.15) is 15.9 Å². The van der Waals surface area contributed by atoms with E-state index in [1.807, 2.05) is 6.07 Å². The number of nitrogens with one attached hydrogen (secondary N) is 2. The minimum absolute atomic E-state index is 0.0873. The highest BCUT2D eigenvalue weighted by Crippen LogP contribution is 2.20. The molecule has 0 saturated heterocycles. The Morgan fingerprint density at radius 1 is 1.05 bits per heavy atom. The molecule has 0 aliphatic heterocycles. The topological polar surface area (TPSA) is 87.7 Å². The van der Waals surface area contributed by atoms with Crippen LogP contribution in [-0.2, 0) is 4.79 Å². The number of phenolic OH excluding ortho intramolecular Hbond substituents is 1. The smallest absolute Gasteiger partial charge is 0.276 e. The fraction of sp³-hybridized carbons (Fsp3) is 0.125. The lowest BCUT2D eigenvalue weighted by Gasteiger charge is -2.10. The molecule has 2 rings (SSSR count). The fourth-order valence-electron chi connectivity index (χ4n) is 1.74. The number of aryl methyl sites for hydroxylation is 1. The van der Waals surface area contributed by atoms with E-state index in [0.29, 0.717) is 11.3 Å². The van der Waals surface area contributed by atoms with E-state index in [1.54, 1.807) is 43.3 Å². The monoisotopic (exact) mass is 300 g/mol. The van der Waals surface area contributed by atoms with Crippen molar-refractivity contribution < 1.29 is 19.4 Å². The summed E-state index contributed by atoms with van der Waals surface area (Å²) in [5.41, 5.74) is 5.11. The Balaban J connectivity index is 1.83. The molecule has 6 nitrogen and oxygen atoms in total. The van der Waals surface area contributed by atoms with Crippen LogP contribution in [0.4, 0.5) is 0 Å². The van der Waals surface area contributed by atoms with Crippen molar-refractivity contribution in [3.05, 3.63) is 59.7 Å². The highest BCUT2D eigenvalue weighted by atomic mass is 16.5. The maximum absolute atomic E-state index is 11.9. The van der Waals surface area contributed by atoms with Crippen LogP contribution in [0.3, 0.4) is 0 Å².